The van der Waals surface area contributed by atoms with Gasteiger partial charge in [0.25, 0.3) is 0 Å². The smallest absolute Gasteiger partial charge is 0.181 e. The zero-order chi connectivity index (χ0) is 23.2. The first-order chi connectivity index (χ1) is 16.5. The molecule has 0 radical (unpaired) electrons. The van der Waals surface area contributed by atoms with Crippen molar-refractivity contribution in [3.05, 3.63) is 66.4 Å². The summed E-state index contributed by atoms with van der Waals surface area (Å²) in [6.07, 6.45) is 8.99. The second-order valence-electron chi connectivity index (χ2n) is 8.39. The lowest BCUT2D eigenvalue weighted by Gasteiger charge is -2.10. The number of rotatable bonds is 5. The molecule has 34 heavy (non-hydrogen) atoms. The van der Waals surface area contributed by atoms with Crippen LogP contribution in [0.25, 0.3) is 54.9 Å². The Morgan fingerprint density at radius 3 is 2.62 bits per heavy atom. The van der Waals surface area contributed by atoms with Crippen molar-refractivity contribution in [2.45, 2.75) is 19.9 Å². The Morgan fingerprint density at radius 2 is 1.79 bits per heavy atom. The van der Waals surface area contributed by atoms with Crippen LogP contribution >= 0.6 is 11.3 Å². The Bertz CT molecular complexity index is 1650. The normalized spacial score (nSPS) is 11.6. The van der Waals surface area contributed by atoms with E-state index in [2.05, 4.69) is 61.4 Å². The lowest BCUT2D eigenvalue weighted by molar-refractivity contribution is 0.657. The molecule has 0 aromatic carbocycles. The first-order valence-electron chi connectivity index (χ1n) is 10.8. The molecule has 0 saturated heterocycles. The van der Waals surface area contributed by atoms with Crippen molar-refractivity contribution >= 4 is 39.0 Å². The number of H-pyrrole nitrogens is 2. The van der Waals surface area contributed by atoms with E-state index in [9.17, 15) is 4.39 Å². The molecule has 7 nitrogen and oxygen atoms in total. The fraction of sp³-hybridized carbons (Fsp3) is 0.120. The van der Waals surface area contributed by atoms with Crippen molar-refractivity contribution < 1.29 is 4.39 Å². The summed E-state index contributed by atoms with van der Waals surface area (Å²) in [6, 6.07) is 9.74. The summed E-state index contributed by atoms with van der Waals surface area (Å²) in [5.74, 6) is 0. The first-order valence-corrected chi connectivity index (χ1v) is 11.7. The highest BCUT2D eigenvalue weighted by Gasteiger charge is 2.16. The monoisotopic (exact) mass is 469 g/mol. The SMILES string of the molecule is CC(C)Nc1cncc(-c2cnc3n[nH]c(-c4cc5c(-c6ccc(F)s6)cncc5[nH]4)c3c2)c1. The molecule has 0 bridgehead atoms. The number of anilines is 1. The molecule has 0 aliphatic heterocycles. The number of thiophene rings is 1. The fourth-order valence-electron chi connectivity index (χ4n) is 4.11. The third-order valence-electron chi connectivity index (χ3n) is 5.59. The summed E-state index contributed by atoms with van der Waals surface area (Å²) in [4.78, 5) is 17.5. The van der Waals surface area contributed by atoms with Crippen LogP contribution in [0.3, 0.4) is 0 Å². The zero-order valence-corrected chi connectivity index (χ0v) is 19.2. The number of aromatic amines is 2. The van der Waals surface area contributed by atoms with Gasteiger partial charge in [-0.2, -0.15) is 9.49 Å². The van der Waals surface area contributed by atoms with E-state index in [1.165, 1.54) is 6.07 Å². The minimum atomic E-state index is -0.219. The topological polar surface area (TPSA) is 95.2 Å². The van der Waals surface area contributed by atoms with Gasteiger partial charge in [-0.25, -0.2) is 4.98 Å². The van der Waals surface area contributed by atoms with Gasteiger partial charge in [0.1, 0.15) is 0 Å². The number of pyridine rings is 3. The van der Waals surface area contributed by atoms with Gasteiger partial charge in [-0.05, 0) is 44.2 Å². The van der Waals surface area contributed by atoms with Crippen LogP contribution in [0, 0.1) is 5.13 Å². The Labute approximate surface area is 198 Å². The van der Waals surface area contributed by atoms with Crippen LogP contribution in [0.2, 0.25) is 0 Å². The van der Waals surface area contributed by atoms with Gasteiger partial charge >= 0.3 is 0 Å². The molecule has 9 heteroatoms. The van der Waals surface area contributed by atoms with Crippen molar-refractivity contribution in [3.63, 3.8) is 0 Å². The molecule has 6 heterocycles. The minimum absolute atomic E-state index is 0.219. The maximum absolute atomic E-state index is 13.6. The molecule has 0 aliphatic rings. The summed E-state index contributed by atoms with van der Waals surface area (Å²) < 4.78 is 13.6. The molecule has 0 saturated carbocycles. The maximum atomic E-state index is 13.6. The Morgan fingerprint density at radius 1 is 0.941 bits per heavy atom. The van der Waals surface area contributed by atoms with Crippen molar-refractivity contribution in [1.29, 1.82) is 0 Å². The van der Waals surface area contributed by atoms with E-state index >= 15 is 0 Å². The van der Waals surface area contributed by atoms with Gasteiger partial charge < -0.3 is 10.3 Å². The molecule has 168 valence electrons. The lowest BCUT2D eigenvalue weighted by atomic mass is 10.1. The van der Waals surface area contributed by atoms with Crippen molar-refractivity contribution in [1.82, 2.24) is 30.1 Å². The largest absolute Gasteiger partial charge is 0.382 e. The molecular formula is C25H20FN7S. The number of nitrogens with one attached hydrogen (secondary N) is 3. The summed E-state index contributed by atoms with van der Waals surface area (Å²) in [5, 5.41) is 12.5. The number of fused-ring (bicyclic) bond motifs is 2. The standard InChI is InChI=1S/C25H20FN7S/c1-13(2)30-16-5-14(8-27-10-16)15-6-18-24(32-33-25(18)29-9-15)20-7-17-19(11-28-12-21(17)31-20)22-3-4-23(26)34-22/h3-13,30-31H,1-2H3,(H,29,32,33). The minimum Gasteiger partial charge on any atom is -0.382 e. The predicted octanol–water partition coefficient (Wildman–Crippen LogP) is 6.25. The van der Waals surface area contributed by atoms with Crippen LogP contribution in [0.15, 0.2) is 61.3 Å². The van der Waals surface area contributed by atoms with E-state index < -0.39 is 0 Å². The van der Waals surface area contributed by atoms with Gasteiger partial charge in [0, 0.05) is 63.2 Å². The van der Waals surface area contributed by atoms with E-state index in [0.29, 0.717) is 11.7 Å². The van der Waals surface area contributed by atoms with E-state index in [0.717, 1.165) is 66.3 Å². The van der Waals surface area contributed by atoms with Crippen molar-refractivity contribution in [3.8, 4) is 33.0 Å². The number of hydrogen-bond acceptors (Lipinski definition) is 6. The van der Waals surface area contributed by atoms with E-state index in [1.54, 1.807) is 18.5 Å². The number of aromatic nitrogens is 6. The summed E-state index contributed by atoms with van der Waals surface area (Å²) in [5.41, 5.74) is 6.94. The first kappa shape index (κ1) is 20.5. The fourth-order valence-corrected chi connectivity index (χ4v) is 4.87. The second-order valence-corrected chi connectivity index (χ2v) is 9.42. The molecule has 0 unspecified atom stereocenters. The highest BCUT2D eigenvalue weighted by molar-refractivity contribution is 7.14. The van der Waals surface area contributed by atoms with E-state index in [1.807, 2.05) is 24.7 Å². The molecule has 6 aromatic rings. The molecule has 0 amide bonds. The highest BCUT2D eigenvalue weighted by atomic mass is 32.1. The molecule has 0 spiro atoms. The van der Waals surface area contributed by atoms with Crippen LogP contribution in [0.5, 0.6) is 0 Å². The van der Waals surface area contributed by atoms with E-state index in [-0.39, 0.29) is 5.13 Å². The summed E-state index contributed by atoms with van der Waals surface area (Å²) in [7, 11) is 0. The average Bonchev–Trinajstić information content (AvgIpc) is 3.55. The molecule has 6 aromatic heterocycles. The predicted molar refractivity (Wildman–Crippen MR) is 134 cm³/mol. The van der Waals surface area contributed by atoms with Gasteiger partial charge in [0.15, 0.2) is 10.8 Å². The molecular weight excluding hydrogens is 449 g/mol. The van der Waals surface area contributed by atoms with Crippen LogP contribution in [-0.4, -0.2) is 36.2 Å². The van der Waals surface area contributed by atoms with Crippen molar-refractivity contribution in [2.75, 3.05) is 5.32 Å². The molecule has 3 N–H and O–H groups in total. The highest BCUT2D eigenvalue weighted by Crippen LogP contribution is 2.36. The molecule has 0 aliphatic carbocycles. The van der Waals surface area contributed by atoms with Gasteiger partial charge in [0.05, 0.1) is 28.8 Å². The van der Waals surface area contributed by atoms with Gasteiger partial charge in [-0.15, -0.1) is 11.3 Å². The van der Waals surface area contributed by atoms with Crippen molar-refractivity contribution in [2.24, 2.45) is 0 Å². The summed E-state index contributed by atoms with van der Waals surface area (Å²) >= 11 is 1.11. The molecule has 0 atom stereocenters. The van der Waals surface area contributed by atoms with Gasteiger partial charge in [-0.3, -0.25) is 15.1 Å². The van der Waals surface area contributed by atoms with Crippen LogP contribution in [-0.2, 0) is 0 Å². The van der Waals surface area contributed by atoms with Gasteiger partial charge in [-0.1, -0.05) is 0 Å². The van der Waals surface area contributed by atoms with Gasteiger partial charge in [0.2, 0.25) is 0 Å². The quantitative estimate of drug-likeness (QED) is 0.277. The Hall–Kier alpha value is -4.11. The molecule has 0 fully saturated rings. The Balaban J connectivity index is 1.45. The van der Waals surface area contributed by atoms with E-state index in [4.69, 9.17) is 0 Å². The van der Waals surface area contributed by atoms with Crippen LogP contribution in [0.1, 0.15) is 13.8 Å². The average molecular weight is 470 g/mol. The third-order valence-corrected chi connectivity index (χ3v) is 6.50. The summed E-state index contributed by atoms with van der Waals surface area (Å²) in [6.45, 7) is 4.18. The maximum Gasteiger partial charge on any atom is 0.181 e. The third kappa shape index (κ3) is 3.60. The number of halogens is 1. The van der Waals surface area contributed by atoms with Crippen LogP contribution in [0.4, 0.5) is 10.1 Å². The second kappa shape index (κ2) is 8.03. The lowest BCUT2D eigenvalue weighted by Crippen LogP contribution is -2.09. The van der Waals surface area contributed by atoms with Crippen LogP contribution < -0.4 is 5.32 Å². The number of hydrogen-bond donors (Lipinski definition) is 3. The Kier molecular flexibility index (Phi) is 4.84. The number of nitrogens with zero attached hydrogens (tertiary/aromatic N) is 4. The zero-order valence-electron chi connectivity index (χ0n) is 18.4. The molecule has 6 rings (SSSR count).